The van der Waals surface area contributed by atoms with Gasteiger partial charge in [-0.15, -0.1) is 11.3 Å². The SMILES string of the molecule is CCCC(=O)NC(C(=O)O)c1cccs1. The Morgan fingerprint density at radius 3 is 2.80 bits per heavy atom. The van der Waals surface area contributed by atoms with Crippen LogP contribution in [-0.4, -0.2) is 17.0 Å². The van der Waals surface area contributed by atoms with Crippen molar-refractivity contribution in [2.24, 2.45) is 0 Å². The van der Waals surface area contributed by atoms with Crippen molar-refractivity contribution in [1.82, 2.24) is 5.32 Å². The highest BCUT2D eigenvalue weighted by atomic mass is 32.1. The summed E-state index contributed by atoms with van der Waals surface area (Å²) in [6, 6.07) is 2.56. The molecular formula is C10H13NO3S. The summed E-state index contributed by atoms with van der Waals surface area (Å²) in [5, 5.41) is 13.2. The first-order valence-corrected chi connectivity index (χ1v) is 5.58. The lowest BCUT2D eigenvalue weighted by molar-refractivity contribution is -0.141. The van der Waals surface area contributed by atoms with Crippen LogP contribution in [0.5, 0.6) is 0 Å². The van der Waals surface area contributed by atoms with Crippen LogP contribution in [0.1, 0.15) is 30.7 Å². The Balaban J connectivity index is 2.68. The van der Waals surface area contributed by atoms with E-state index in [1.807, 2.05) is 6.92 Å². The van der Waals surface area contributed by atoms with E-state index in [9.17, 15) is 9.59 Å². The third-order valence-corrected chi connectivity index (χ3v) is 2.79. The molecule has 1 amide bonds. The summed E-state index contributed by atoms with van der Waals surface area (Å²) in [5.41, 5.74) is 0. The molecule has 0 bridgehead atoms. The van der Waals surface area contributed by atoms with Gasteiger partial charge in [-0.3, -0.25) is 4.79 Å². The van der Waals surface area contributed by atoms with Crippen molar-refractivity contribution >= 4 is 23.2 Å². The number of hydrogen-bond acceptors (Lipinski definition) is 3. The second-order valence-electron chi connectivity index (χ2n) is 3.10. The quantitative estimate of drug-likeness (QED) is 0.806. The molecule has 0 aromatic carbocycles. The molecule has 1 unspecified atom stereocenters. The molecule has 0 saturated heterocycles. The number of hydrogen-bond donors (Lipinski definition) is 2. The van der Waals surface area contributed by atoms with Gasteiger partial charge in [0.1, 0.15) is 0 Å². The summed E-state index contributed by atoms with van der Waals surface area (Å²) in [6.45, 7) is 1.88. The number of carboxylic acid groups (broad SMARTS) is 1. The average Bonchev–Trinajstić information content (AvgIpc) is 2.66. The van der Waals surface area contributed by atoms with Crippen LogP contribution in [-0.2, 0) is 9.59 Å². The van der Waals surface area contributed by atoms with E-state index in [2.05, 4.69) is 5.32 Å². The minimum Gasteiger partial charge on any atom is -0.479 e. The smallest absolute Gasteiger partial charge is 0.331 e. The van der Waals surface area contributed by atoms with Crippen LogP contribution < -0.4 is 5.32 Å². The molecule has 0 radical (unpaired) electrons. The molecule has 0 aliphatic carbocycles. The first kappa shape index (κ1) is 11.7. The van der Waals surface area contributed by atoms with Crippen LogP contribution in [0.3, 0.4) is 0 Å². The molecule has 1 atom stereocenters. The Labute approximate surface area is 91.9 Å². The largest absolute Gasteiger partial charge is 0.479 e. The van der Waals surface area contributed by atoms with Gasteiger partial charge in [0.15, 0.2) is 6.04 Å². The molecule has 82 valence electrons. The molecule has 0 aliphatic rings. The number of rotatable bonds is 5. The normalized spacial score (nSPS) is 12.1. The molecule has 1 heterocycles. The highest BCUT2D eigenvalue weighted by Gasteiger charge is 2.22. The van der Waals surface area contributed by atoms with Crippen molar-refractivity contribution in [2.75, 3.05) is 0 Å². The van der Waals surface area contributed by atoms with Crippen molar-refractivity contribution in [3.63, 3.8) is 0 Å². The summed E-state index contributed by atoms with van der Waals surface area (Å²) in [7, 11) is 0. The predicted molar refractivity (Wildman–Crippen MR) is 57.7 cm³/mol. The van der Waals surface area contributed by atoms with Crippen molar-refractivity contribution in [3.05, 3.63) is 22.4 Å². The van der Waals surface area contributed by atoms with E-state index >= 15 is 0 Å². The highest BCUT2D eigenvalue weighted by Crippen LogP contribution is 2.19. The summed E-state index contributed by atoms with van der Waals surface area (Å²) in [6.07, 6.45) is 1.07. The lowest BCUT2D eigenvalue weighted by Crippen LogP contribution is -2.32. The Hall–Kier alpha value is -1.36. The fourth-order valence-corrected chi connectivity index (χ4v) is 1.94. The van der Waals surface area contributed by atoms with Gasteiger partial charge in [0.25, 0.3) is 0 Å². The van der Waals surface area contributed by atoms with E-state index in [1.165, 1.54) is 11.3 Å². The molecule has 4 nitrogen and oxygen atoms in total. The Bertz CT molecular complexity index is 334. The van der Waals surface area contributed by atoms with Crippen molar-refractivity contribution in [1.29, 1.82) is 0 Å². The standard InChI is InChI=1S/C10H13NO3S/c1-2-4-8(12)11-9(10(13)14)7-5-3-6-15-7/h3,5-6,9H,2,4H2,1H3,(H,11,12)(H,13,14). The van der Waals surface area contributed by atoms with Crippen molar-refractivity contribution in [2.45, 2.75) is 25.8 Å². The average molecular weight is 227 g/mol. The Morgan fingerprint density at radius 1 is 1.60 bits per heavy atom. The van der Waals surface area contributed by atoms with E-state index in [-0.39, 0.29) is 5.91 Å². The maximum atomic E-state index is 11.3. The van der Waals surface area contributed by atoms with E-state index in [0.29, 0.717) is 17.7 Å². The third-order valence-electron chi connectivity index (χ3n) is 1.86. The molecule has 1 aromatic rings. The fraction of sp³-hybridized carbons (Fsp3) is 0.400. The van der Waals surface area contributed by atoms with Crippen LogP contribution in [0.25, 0.3) is 0 Å². The lowest BCUT2D eigenvalue weighted by atomic mass is 10.2. The number of carbonyl (C=O) groups excluding carboxylic acids is 1. The summed E-state index contributed by atoms with van der Waals surface area (Å²) in [4.78, 5) is 22.9. The van der Waals surface area contributed by atoms with Gasteiger partial charge in [0, 0.05) is 11.3 Å². The van der Waals surface area contributed by atoms with E-state index < -0.39 is 12.0 Å². The van der Waals surface area contributed by atoms with E-state index in [0.717, 1.165) is 0 Å². The molecule has 5 heteroatoms. The highest BCUT2D eigenvalue weighted by molar-refractivity contribution is 7.10. The molecular weight excluding hydrogens is 214 g/mol. The molecule has 0 spiro atoms. The van der Waals surface area contributed by atoms with Crippen LogP contribution in [0.15, 0.2) is 17.5 Å². The zero-order valence-electron chi connectivity index (χ0n) is 8.40. The maximum Gasteiger partial charge on any atom is 0.331 e. The zero-order valence-corrected chi connectivity index (χ0v) is 9.21. The maximum absolute atomic E-state index is 11.3. The lowest BCUT2D eigenvalue weighted by Gasteiger charge is -2.12. The van der Waals surface area contributed by atoms with E-state index in [4.69, 9.17) is 5.11 Å². The zero-order chi connectivity index (χ0) is 11.3. The first-order valence-electron chi connectivity index (χ1n) is 4.70. The van der Waals surface area contributed by atoms with Gasteiger partial charge in [0.2, 0.25) is 5.91 Å². The van der Waals surface area contributed by atoms with Crippen molar-refractivity contribution < 1.29 is 14.7 Å². The molecule has 1 aromatic heterocycles. The van der Waals surface area contributed by atoms with E-state index in [1.54, 1.807) is 17.5 Å². The summed E-state index contributed by atoms with van der Waals surface area (Å²) >= 11 is 1.32. The molecule has 0 saturated carbocycles. The monoisotopic (exact) mass is 227 g/mol. The van der Waals surface area contributed by atoms with Crippen LogP contribution >= 0.6 is 11.3 Å². The topological polar surface area (TPSA) is 66.4 Å². The van der Waals surface area contributed by atoms with Gasteiger partial charge >= 0.3 is 5.97 Å². The molecule has 0 aliphatic heterocycles. The van der Waals surface area contributed by atoms with Crippen LogP contribution in [0, 0.1) is 0 Å². The third kappa shape index (κ3) is 3.36. The summed E-state index contributed by atoms with van der Waals surface area (Å²) in [5.74, 6) is -1.25. The van der Waals surface area contributed by atoms with Gasteiger partial charge in [-0.05, 0) is 17.9 Å². The molecule has 15 heavy (non-hydrogen) atoms. The molecule has 2 N–H and O–H groups in total. The summed E-state index contributed by atoms with van der Waals surface area (Å²) < 4.78 is 0. The fourth-order valence-electron chi connectivity index (χ4n) is 1.17. The van der Waals surface area contributed by atoms with Crippen LogP contribution in [0.2, 0.25) is 0 Å². The number of aliphatic carboxylic acids is 1. The second-order valence-corrected chi connectivity index (χ2v) is 4.08. The van der Waals surface area contributed by atoms with Gasteiger partial charge in [-0.2, -0.15) is 0 Å². The van der Waals surface area contributed by atoms with Gasteiger partial charge in [0.05, 0.1) is 0 Å². The first-order chi connectivity index (χ1) is 7.15. The van der Waals surface area contributed by atoms with Crippen LogP contribution in [0.4, 0.5) is 0 Å². The molecule has 1 rings (SSSR count). The number of amides is 1. The minimum absolute atomic E-state index is 0.224. The van der Waals surface area contributed by atoms with Gasteiger partial charge < -0.3 is 10.4 Å². The second kappa shape index (κ2) is 5.50. The molecule has 0 fully saturated rings. The Morgan fingerprint density at radius 2 is 2.33 bits per heavy atom. The minimum atomic E-state index is -1.03. The predicted octanol–water partition coefficient (Wildman–Crippen LogP) is 1.79. The van der Waals surface area contributed by atoms with Crippen molar-refractivity contribution in [3.8, 4) is 0 Å². The number of carboxylic acids is 1. The van der Waals surface area contributed by atoms with Gasteiger partial charge in [-0.25, -0.2) is 4.79 Å². The Kier molecular flexibility index (Phi) is 4.30. The number of thiophene rings is 1. The van der Waals surface area contributed by atoms with Gasteiger partial charge in [-0.1, -0.05) is 13.0 Å². The number of carbonyl (C=O) groups is 2. The number of nitrogens with one attached hydrogen (secondary N) is 1.